The van der Waals surface area contributed by atoms with E-state index < -0.39 is 29.2 Å². The number of amides is 2. The average Bonchev–Trinajstić information content (AvgIpc) is 3.49. The Kier molecular flexibility index (Phi) is 8.00. The number of carboxylic acids is 1. The maximum absolute atomic E-state index is 13.0. The van der Waals surface area contributed by atoms with E-state index in [4.69, 9.17) is 17.0 Å². The molecule has 4 N–H and O–H groups in total. The van der Waals surface area contributed by atoms with E-state index >= 15 is 0 Å². The number of hydrogen-bond donors (Lipinski definition) is 3. The molecule has 2 aliphatic rings. The number of hydrogen-bond acceptors (Lipinski definition) is 13. The summed E-state index contributed by atoms with van der Waals surface area (Å²) in [6.45, 7) is 3.65. The molecule has 2 aliphatic heterocycles. The molecule has 17 heteroatoms. The summed E-state index contributed by atoms with van der Waals surface area (Å²) in [6, 6.07) is -0.954. The monoisotopic (exact) mass is 563 g/mol. The van der Waals surface area contributed by atoms with Gasteiger partial charge in [-0.1, -0.05) is 22.8 Å². The van der Waals surface area contributed by atoms with Crippen molar-refractivity contribution in [1.29, 1.82) is 0 Å². The molecule has 0 spiro atoms. The fourth-order valence-corrected chi connectivity index (χ4v) is 6.31. The van der Waals surface area contributed by atoms with Gasteiger partial charge >= 0.3 is 5.97 Å². The van der Waals surface area contributed by atoms with Crippen LogP contribution in [0.15, 0.2) is 27.0 Å². The maximum atomic E-state index is 13.0. The number of tetrazole rings is 1. The van der Waals surface area contributed by atoms with Crippen molar-refractivity contribution in [2.45, 2.75) is 43.1 Å². The molecule has 194 valence electrons. The second kappa shape index (κ2) is 11.2. The number of thiazole rings is 1. The molecule has 0 saturated carbocycles. The first kappa shape index (κ1) is 26.4. The number of oxime groups is 1. The lowest BCUT2D eigenvalue weighted by Gasteiger charge is -2.49. The third-order valence-electron chi connectivity index (χ3n) is 4.99. The molecule has 2 aromatic rings. The molecule has 2 atom stereocenters. The second-order valence-corrected chi connectivity index (χ2v) is 10.8. The van der Waals surface area contributed by atoms with Crippen LogP contribution in [0.25, 0.3) is 0 Å². The van der Waals surface area contributed by atoms with E-state index in [1.807, 2.05) is 0 Å². The topological polar surface area (TPSA) is 191 Å². The zero-order valence-corrected chi connectivity index (χ0v) is 22.0. The van der Waals surface area contributed by atoms with Gasteiger partial charge in [-0.25, -0.2) is 14.5 Å². The van der Waals surface area contributed by atoms with E-state index in [2.05, 4.69) is 36.9 Å². The number of β-lactam (4-membered cyclic amide) rings is 1. The van der Waals surface area contributed by atoms with E-state index in [0.717, 1.165) is 11.3 Å². The molecular weight excluding hydrogens is 542 g/mol. The minimum atomic E-state index is -1.24. The van der Waals surface area contributed by atoms with Crippen molar-refractivity contribution in [3.63, 3.8) is 0 Å². The summed E-state index contributed by atoms with van der Waals surface area (Å²) < 4.78 is 1.42. The highest BCUT2D eigenvalue weighted by Crippen LogP contribution is 2.41. The molecule has 37 heavy (non-hydrogen) atoms. The summed E-state index contributed by atoms with van der Waals surface area (Å²) in [4.78, 5) is 48.7. The number of nitrogen functional groups attached to an aromatic ring is 1. The average molecular weight is 564 g/mol. The largest absolute Gasteiger partial charge is 0.477 e. The van der Waals surface area contributed by atoms with E-state index in [1.54, 1.807) is 19.2 Å². The van der Waals surface area contributed by atoms with Crippen molar-refractivity contribution in [2.24, 2.45) is 5.16 Å². The molecule has 1 saturated heterocycles. The van der Waals surface area contributed by atoms with Gasteiger partial charge in [0.2, 0.25) is 5.16 Å². The van der Waals surface area contributed by atoms with Gasteiger partial charge < -0.3 is 21.0 Å². The van der Waals surface area contributed by atoms with E-state index in [-0.39, 0.29) is 40.6 Å². The minimum Gasteiger partial charge on any atom is -0.477 e. The molecule has 14 nitrogen and oxygen atoms in total. The number of aromatic nitrogens is 5. The number of thioether (sulfide) groups is 2. The highest BCUT2D eigenvalue weighted by atomic mass is 32.2. The smallest absolute Gasteiger partial charge is 0.352 e. The van der Waals surface area contributed by atoms with Gasteiger partial charge in [-0.05, 0) is 29.8 Å². The number of nitrogens with one attached hydrogen (secondary N) is 1. The third-order valence-corrected chi connectivity index (χ3v) is 8.04. The molecule has 0 radical (unpaired) electrons. The first-order valence-electron chi connectivity index (χ1n) is 10.7. The number of fused-ring (bicyclic) bond motifs is 1. The van der Waals surface area contributed by atoms with Gasteiger partial charge in [-0.2, -0.15) is 0 Å². The van der Waals surface area contributed by atoms with Crippen LogP contribution < -0.4 is 11.1 Å². The number of nitrogens with two attached hydrogens (primary N) is 1. The Bertz CT molecular complexity index is 1330. The molecule has 2 amide bonds. The van der Waals surface area contributed by atoms with Crippen LogP contribution in [0.5, 0.6) is 0 Å². The Labute approximate surface area is 223 Å². The van der Waals surface area contributed by atoms with Crippen molar-refractivity contribution in [3.05, 3.63) is 22.3 Å². The Hall–Kier alpha value is -3.62. The predicted octanol–water partition coefficient (Wildman–Crippen LogP) is 0.00500. The van der Waals surface area contributed by atoms with Gasteiger partial charge in [0, 0.05) is 16.9 Å². The van der Waals surface area contributed by atoms with Crippen LogP contribution in [0.1, 0.15) is 19.5 Å². The fourth-order valence-electron chi connectivity index (χ4n) is 3.40. The SMILES string of the molecule is C#CCn1nnnc1SCC1=C(C(=O)O)N2C(=O)C(NC(=O)/C(=N/OC(C)C)c3csc(N)n3)C2SC1. The zero-order valence-electron chi connectivity index (χ0n) is 19.5. The van der Waals surface area contributed by atoms with Crippen LogP contribution in [-0.2, 0) is 25.8 Å². The summed E-state index contributed by atoms with van der Waals surface area (Å²) in [5, 5.41) is 29.3. The van der Waals surface area contributed by atoms with Gasteiger partial charge in [0.25, 0.3) is 11.8 Å². The third kappa shape index (κ3) is 5.55. The number of rotatable bonds is 10. The van der Waals surface area contributed by atoms with Crippen LogP contribution in [0.4, 0.5) is 5.13 Å². The first-order chi connectivity index (χ1) is 17.7. The summed E-state index contributed by atoms with van der Waals surface area (Å²) in [5.74, 6) is 0.521. The Morgan fingerprint density at radius 3 is 2.92 bits per heavy atom. The highest BCUT2D eigenvalue weighted by molar-refractivity contribution is 8.01. The number of carbonyl (C=O) groups excluding carboxylic acids is 2. The lowest BCUT2D eigenvalue weighted by atomic mass is 10.0. The zero-order chi connectivity index (χ0) is 26.7. The number of carbonyl (C=O) groups is 3. The number of aliphatic carboxylic acids is 1. The van der Waals surface area contributed by atoms with Gasteiger partial charge in [0.15, 0.2) is 10.8 Å². The van der Waals surface area contributed by atoms with Crippen LogP contribution in [0.2, 0.25) is 0 Å². The number of terminal acetylenes is 1. The van der Waals surface area contributed by atoms with Crippen LogP contribution in [0, 0.1) is 12.3 Å². The Balaban J connectivity index is 1.49. The molecule has 4 heterocycles. The van der Waals surface area contributed by atoms with Crippen molar-refractivity contribution < 1.29 is 24.3 Å². The standard InChI is InChI=1S/C20H21N9O5S3/c1-4-5-28-20(24-26-27-28)37-7-10-6-35-17-13(16(31)29(17)14(10)18(32)33)23-15(30)12(25-34-9(2)3)11-8-36-19(21)22-11/h1,8-9,13,17H,5-7H2,2-3H3,(H2,21,22)(H,23,30)(H,32,33)/b25-12+. The normalized spacial score (nSPS) is 19.4. The molecule has 0 aliphatic carbocycles. The van der Waals surface area contributed by atoms with Gasteiger partial charge in [-0.3, -0.25) is 14.5 Å². The van der Waals surface area contributed by atoms with Gasteiger partial charge in [0.1, 0.15) is 35.5 Å². The summed E-state index contributed by atoms with van der Waals surface area (Å²) in [6.07, 6.45) is 5.01. The highest BCUT2D eigenvalue weighted by Gasteiger charge is 2.54. The maximum Gasteiger partial charge on any atom is 0.352 e. The van der Waals surface area contributed by atoms with Crippen LogP contribution in [-0.4, -0.2) is 87.7 Å². The summed E-state index contributed by atoms with van der Waals surface area (Å²) in [7, 11) is 0. The van der Waals surface area contributed by atoms with Gasteiger partial charge in [-0.15, -0.1) is 34.6 Å². The Morgan fingerprint density at radius 2 is 2.27 bits per heavy atom. The molecule has 2 unspecified atom stereocenters. The van der Waals surface area contributed by atoms with Crippen LogP contribution >= 0.6 is 34.9 Å². The lowest BCUT2D eigenvalue weighted by molar-refractivity contribution is -0.150. The van der Waals surface area contributed by atoms with Crippen LogP contribution in [0.3, 0.4) is 0 Å². The number of anilines is 1. The second-order valence-electron chi connectivity index (χ2n) is 7.90. The van der Waals surface area contributed by atoms with E-state index in [1.165, 1.54) is 33.1 Å². The van der Waals surface area contributed by atoms with Crippen molar-refractivity contribution in [1.82, 2.24) is 35.4 Å². The summed E-state index contributed by atoms with van der Waals surface area (Å²) >= 11 is 3.68. The van der Waals surface area contributed by atoms with E-state index in [0.29, 0.717) is 16.5 Å². The van der Waals surface area contributed by atoms with Crippen molar-refractivity contribution >= 4 is 63.5 Å². The van der Waals surface area contributed by atoms with E-state index in [9.17, 15) is 19.5 Å². The van der Waals surface area contributed by atoms with Gasteiger partial charge in [0.05, 0.1) is 0 Å². The molecule has 1 fully saturated rings. The lowest BCUT2D eigenvalue weighted by Crippen LogP contribution is -2.71. The summed E-state index contributed by atoms with van der Waals surface area (Å²) in [5.41, 5.74) is 6.17. The molecule has 0 aromatic carbocycles. The molecule has 4 rings (SSSR count). The first-order valence-corrected chi connectivity index (χ1v) is 13.6. The number of carboxylic acid groups (broad SMARTS) is 1. The predicted molar refractivity (Wildman–Crippen MR) is 136 cm³/mol. The quantitative estimate of drug-likeness (QED) is 0.115. The van der Waals surface area contributed by atoms with Crippen molar-refractivity contribution in [3.8, 4) is 12.3 Å². The molecule has 0 bridgehead atoms. The number of nitrogens with zero attached hydrogens (tertiary/aromatic N) is 7. The van der Waals surface area contributed by atoms with Crippen molar-refractivity contribution in [2.75, 3.05) is 17.2 Å². The fraction of sp³-hybridized carbons (Fsp3) is 0.400. The minimum absolute atomic E-state index is 0.118. The molecular formula is C20H21N9O5S3. The Morgan fingerprint density at radius 1 is 1.49 bits per heavy atom. The molecule has 2 aromatic heterocycles.